The third-order valence-corrected chi connectivity index (χ3v) is 6.35. The van der Waals surface area contributed by atoms with Gasteiger partial charge in [-0.1, -0.05) is 25.0 Å². The second-order valence-electron chi connectivity index (χ2n) is 7.65. The van der Waals surface area contributed by atoms with E-state index in [1.165, 1.54) is 36.8 Å². The molecular formula is C21H26O2. The van der Waals surface area contributed by atoms with E-state index in [1.54, 1.807) is 0 Å². The van der Waals surface area contributed by atoms with Gasteiger partial charge in [-0.05, 0) is 91.2 Å². The molecule has 122 valence electrons. The molecule has 1 unspecified atom stereocenters. The smallest absolute Gasteiger partial charge is 0.118 e. The summed E-state index contributed by atoms with van der Waals surface area (Å²) in [5.74, 6) is 3.41. The minimum atomic E-state index is 0.415. The van der Waals surface area contributed by atoms with Gasteiger partial charge >= 0.3 is 0 Å². The predicted octanol–water partition coefficient (Wildman–Crippen LogP) is 5.16. The number of hydrogen-bond donors (Lipinski definition) is 2. The zero-order valence-electron chi connectivity index (χ0n) is 13.8. The first-order valence-electron chi connectivity index (χ1n) is 9.03. The van der Waals surface area contributed by atoms with E-state index in [-0.39, 0.29) is 0 Å². The highest BCUT2D eigenvalue weighted by molar-refractivity contribution is 5.45. The summed E-state index contributed by atoms with van der Waals surface area (Å²) in [5, 5.41) is 19.8. The molecule has 23 heavy (non-hydrogen) atoms. The molecule has 0 saturated heterocycles. The van der Waals surface area contributed by atoms with Gasteiger partial charge < -0.3 is 10.2 Å². The molecular weight excluding hydrogens is 284 g/mol. The second-order valence-corrected chi connectivity index (χ2v) is 7.65. The van der Waals surface area contributed by atoms with Crippen LogP contribution >= 0.6 is 0 Å². The van der Waals surface area contributed by atoms with Crippen LogP contribution in [-0.2, 0) is 6.42 Å². The summed E-state index contributed by atoms with van der Waals surface area (Å²) in [6, 6.07) is 4.26. The molecule has 3 aliphatic carbocycles. The Morgan fingerprint density at radius 2 is 1.87 bits per heavy atom. The molecule has 1 aromatic rings. The van der Waals surface area contributed by atoms with Gasteiger partial charge in [0.1, 0.15) is 11.5 Å². The van der Waals surface area contributed by atoms with Gasteiger partial charge in [0.25, 0.3) is 0 Å². The summed E-state index contributed by atoms with van der Waals surface area (Å²) in [7, 11) is 0. The minimum absolute atomic E-state index is 0.415. The zero-order chi connectivity index (χ0) is 16.0. The van der Waals surface area contributed by atoms with Gasteiger partial charge in [-0.25, -0.2) is 0 Å². The van der Waals surface area contributed by atoms with Crippen LogP contribution in [0.2, 0.25) is 0 Å². The molecule has 0 heterocycles. The van der Waals surface area contributed by atoms with E-state index in [0.717, 1.165) is 24.3 Å². The molecule has 4 atom stereocenters. The number of aliphatic hydroxyl groups excluding tert-OH is 1. The summed E-state index contributed by atoms with van der Waals surface area (Å²) in [4.78, 5) is 0. The van der Waals surface area contributed by atoms with E-state index < -0.39 is 0 Å². The minimum Gasteiger partial charge on any atom is -0.508 e. The van der Waals surface area contributed by atoms with Crippen molar-refractivity contribution in [2.75, 3.05) is 0 Å². The Morgan fingerprint density at radius 1 is 1.04 bits per heavy atom. The van der Waals surface area contributed by atoms with Gasteiger partial charge in [-0.15, -0.1) is 0 Å². The Balaban J connectivity index is 1.71. The number of rotatable bonds is 1. The van der Waals surface area contributed by atoms with Gasteiger partial charge in [0, 0.05) is 0 Å². The topological polar surface area (TPSA) is 40.5 Å². The molecule has 2 N–H and O–H groups in total. The monoisotopic (exact) mass is 310 g/mol. The summed E-state index contributed by atoms with van der Waals surface area (Å²) in [6.07, 6.45) is 13.4. The number of allylic oxidation sites excluding steroid dienone is 3. The van der Waals surface area contributed by atoms with Gasteiger partial charge in [0.15, 0.2) is 0 Å². The Bertz CT molecular complexity index is 671. The van der Waals surface area contributed by atoms with Gasteiger partial charge in [0.05, 0.1) is 0 Å². The number of hydrogen-bond acceptors (Lipinski definition) is 2. The lowest BCUT2D eigenvalue weighted by atomic mass is 9.59. The maximum Gasteiger partial charge on any atom is 0.118 e. The summed E-state index contributed by atoms with van der Waals surface area (Å²) in [5.41, 5.74) is 3.85. The second kappa shape index (κ2) is 5.74. The van der Waals surface area contributed by atoms with Crippen LogP contribution in [0.1, 0.15) is 54.7 Å². The van der Waals surface area contributed by atoms with Crippen LogP contribution in [0.3, 0.4) is 0 Å². The fourth-order valence-corrected chi connectivity index (χ4v) is 5.17. The van der Waals surface area contributed by atoms with Crippen molar-refractivity contribution >= 4 is 0 Å². The van der Waals surface area contributed by atoms with Crippen LogP contribution in [0.25, 0.3) is 0 Å². The number of aryl methyl sites for hydroxylation is 1. The molecule has 2 heteroatoms. The molecule has 0 spiro atoms. The van der Waals surface area contributed by atoms with Crippen molar-refractivity contribution < 1.29 is 10.2 Å². The third-order valence-electron chi connectivity index (χ3n) is 6.35. The Hall–Kier alpha value is -1.70. The SMILES string of the molecule is Cc1cc2c(cc1O)[C@@H]1CCCC[C@@H]1[C@H](C1C=CC(O)=CC1)C2. The van der Waals surface area contributed by atoms with Crippen LogP contribution < -0.4 is 0 Å². The lowest BCUT2D eigenvalue weighted by Crippen LogP contribution is -2.36. The van der Waals surface area contributed by atoms with Crippen molar-refractivity contribution in [2.24, 2.45) is 17.8 Å². The molecule has 0 aliphatic heterocycles. The van der Waals surface area contributed by atoms with Crippen LogP contribution in [0.4, 0.5) is 0 Å². The first-order valence-corrected chi connectivity index (χ1v) is 9.03. The van der Waals surface area contributed by atoms with Crippen LogP contribution in [-0.4, -0.2) is 10.2 Å². The quantitative estimate of drug-likeness (QED) is 0.751. The van der Waals surface area contributed by atoms with Crippen LogP contribution in [0.15, 0.2) is 36.1 Å². The lowest BCUT2D eigenvalue weighted by Gasteiger charge is -2.45. The molecule has 2 nitrogen and oxygen atoms in total. The van der Waals surface area contributed by atoms with Crippen LogP contribution in [0, 0.1) is 24.7 Å². The number of phenolic OH excluding ortho intramolecular Hbond substituents is 1. The number of benzene rings is 1. The zero-order valence-corrected chi connectivity index (χ0v) is 13.8. The normalized spacial score (nSPS) is 32.8. The van der Waals surface area contributed by atoms with E-state index in [4.69, 9.17) is 0 Å². The predicted molar refractivity (Wildman–Crippen MR) is 92.7 cm³/mol. The maximum absolute atomic E-state index is 10.2. The highest BCUT2D eigenvalue weighted by atomic mass is 16.3. The van der Waals surface area contributed by atoms with Crippen molar-refractivity contribution in [1.29, 1.82) is 0 Å². The van der Waals surface area contributed by atoms with Crippen LogP contribution in [0.5, 0.6) is 5.75 Å². The van der Waals surface area contributed by atoms with E-state index in [0.29, 0.717) is 29.3 Å². The molecule has 0 aromatic heterocycles. The Morgan fingerprint density at radius 3 is 2.65 bits per heavy atom. The van der Waals surface area contributed by atoms with Crippen molar-refractivity contribution in [3.05, 3.63) is 52.8 Å². The van der Waals surface area contributed by atoms with Gasteiger partial charge in [0.2, 0.25) is 0 Å². The largest absolute Gasteiger partial charge is 0.508 e. The highest BCUT2D eigenvalue weighted by Crippen LogP contribution is 2.51. The molecule has 0 radical (unpaired) electrons. The standard InChI is InChI=1S/C21H26O2/c1-13-10-15-11-19(14-6-8-16(22)9-7-14)17-4-2-3-5-18(17)20(15)12-21(13)23/h6,8-10,12,14,17-19,22-23H,2-5,7,11H2,1H3/t14?,17-,18+,19-/m0/s1. The molecule has 1 saturated carbocycles. The average Bonchev–Trinajstić information content (AvgIpc) is 2.56. The van der Waals surface area contributed by atoms with Crippen molar-refractivity contribution in [3.63, 3.8) is 0 Å². The van der Waals surface area contributed by atoms with E-state index in [2.05, 4.69) is 12.1 Å². The third kappa shape index (κ3) is 2.58. The molecule has 3 aliphatic rings. The van der Waals surface area contributed by atoms with Crippen molar-refractivity contribution in [3.8, 4) is 5.75 Å². The first kappa shape index (κ1) is 14.9. The number of aromatic hydroxyl groups is 1. The van der Waals surface area contributed by atoms with Gasteiger partial charge in [-0.3, -0.25) is 0 Å². The van der Waals surface area contributed by atoms with Crippen molar-refractivity contribution in [1.82, 2.24) is 0 Å². The highest BCUT2D eigenvalue weighted by Gasteiger charge is 2.41. The van der Waals surface area contributed by atoms with E-state index >= 15 is 0 Å². The van der Waals surface area contributed by atoms with Gasteiger partial charge in [-0.2, -0.15) is 0 Å². The maximum atomic E-state index is 10.2. The number of phenols is 1. The Labute approximate surface area is 138 Å². The average molecular weight is 310 g/mol. The first-order chi connectivity index (χ1) is 11.1. The Kier molecular flexibility index (Phi) is 3.71. The molecule has 4 rings (SSSR count). The number of aliphatic hydroxyl groups is 1. The lowest BCUT2D eigenvalue weighted by molar-refractivity contribution is 0.155. The number of fused-ring (bicyclic) bond motifs is 3. The van der Waals surface area contributed by atoms with Crippen molar-refractivity contribution in [2.45, 2.75) is 51.4 Å². The fraction of sp³-hybridized carbons (Fsp3) is 0.524. The summed E-state index contributed by atoms with van der Waals surface area (Å²) < 4.78 is 0. The van der Waals surface area contributed by atoms with E-state index in [9.17, 15) is 10.2 Å². The fourth-order valence-electron chi connectivity index (χ4n) is 5.17. The molecule has 1 aromatic carbocycles. The summed E-state index contributed by atoms with van der Waals surface area (Å²) in [6.45, 7) is 2.00. The molecule has 0 amide bonds. The molecule has 1 fully saturated rings. The summed E-state index contributed by atoms with van der Waals surface area (Å²) >= 11 is 0. The molecule has 0 bridgehead atoms. The van der Waals surface area contributed by atoms with E-state index in [1.807, 2.05) is 25.1 Å².